The zero-order valence-corrected chi connectivity index (χ0v) is 11.5. The molecule has 1 amide bonds. The first-order valence-corrected chi connectivity index (χ1v) is 6.52. The summed E-state index contributed by atoms with van der Waals surface area (Å²) in [4.78, 5) is 22.7. The first kappa shape index (κ1) is 14.1. The summed E-state index contributed by atoms with van der Waals surface area (Å²) < 4.78 is 5.48. The van der Waals surface area contributed by atoms with Crippen molar-refractivity contribution in [2.45, 2.75) is 32.7 Å². The molecular weight excluding hydrogens is 258 g/mol. The largest absolute Gasteiger partial charge is 0.481 e. The SMILES string of the molecule is CCC(CC(=O)O)NC(=O)c1cc2cc(C)ccc2o1. The van der Waals surface area contributed by atoms with E-state index in [2.05, 4.69) is 5.32 Å². The van der Waals surface area contributed by atoms with Crippen LogP contribution in [0.5, 0.6) is 0 Å². The molecular formula is C15H17NO4. The minimum atomic E-state index is -0.933. The van der Waals surface area contributed by atoms with E-state index >= 15 is 0 Å². The van der Waals surface area contributed by atoms with Crippen LogP contribution in [0.3, 0.4) is 0 Å². The van der Waals surface area contributed by atoms with Crippen molar-refractivity contribution in [3.8, 4) is 0 Å². The lowest BCUT2D eigenvalue weighted by Gasteiger charge is -2.13. The molecule has 0 saturated heterocycles. The second-order valence-electron chi connectivity index (χ2n) is 4.83. The van der Waals surface area contributed by atoms with Crippen molar-refractivity contribution in [3.05, 3.63) is 35.6 Å². The Kier molecular flexibility index (Phi) is 4.08. The Balaban J connectivity index is 2.16. The summed E-state index contributed by atoms with van der Waals surface area (Å²) in [5.74, 6) is -1.11. The average molecular weight is 275 g/mol. The van der Waals surface area contributed by atoms with Crippen molar-refractivity contribution in [3.63, 3.8) is 0 Å². The molecule has 1 unspecified atom stereocenters. The summed E-state index contributed by atoms with van der Waals surface area (Å²) in [7, 11) is 0. The van der Waals surface area contributed by atoms with Crippen LogP contribution in [-0.4, -0.2) is 23.0 Å². The van der Waals surface area contributed by atoms with Crippen LogP contribution in [0.1, 0.15) is 35.9 Å². The van der Waals surface area contributed by atoms with Crippen LogP contribution in [0.4, 0.5) is 0 Å². The van der Waals surface area contributed by atoms with Gasteiger partial charge in [0.15, 0.2) is 5.76 Å². The highest BCUT2D eigenvalue weighted by atomic mass is 16.4. The third-order valence-corrected chi connectivity index (χ3v) is 3.14. The lowest BCUT2D eigenvalue weighted by molar-refractivity contribution is -0.137. The number of nitrogens with one attached hydrogen (secondary N) is 1. The fourth-order valence-electron chi connectivity index (χ4n) is 2.04. The first-order valence-electron chi connectivity index (χ1n) is 6.52. The van der Waals surface area contributed by atoms with Gasteiger partial charge in [-0.1, -0.05) is 18.6 Å². The number of fused-ring (bicyclic) bond motifs is 1. The van der Waals surface area contributed by atoms with Gasteiger partial charge in [-0.2, -0.15) is 0 Å². The van der Waals surface area contributed by atoms with Gasteiger partial charge in [-0.05, 0) is 31.5 Å². The molecule has 106 valence electrons. The molecule has 2 aromatic rings. The van der Waals surface area contributed by atoms with E-state index in [0.29, 0.717) is 12.0 Å². The standard InChI is InChI=1S/C15H17NO4/c1-3-11(8-14(17)18)16-15(19)13-7-10-6-9(2)4-5-12(10)20-13/h4-7,11H,3,8H2,1-2H3,(H,16,19)(H,17,18). The predicted molar refractivity (Wildman–Crippen MR) is 74.7 cm³/mol. The number of carbonyl (C=O) groups excluding carboxylic acids is 1. The molecule has 1 aromatic heterocycles. The van der Waals surface area contributed by atoms with Crippen LogP contribution in [0, 0.1) is 6.92 Å². The van der Waals surface area contributed by atoms with E-state index in [4.69, 9.17) is 9.52 Å². The number of amides is 1. The average Bonchev–Trinajstić information content (AvgIpc) is 2.80. The van der Waals surface area contributed by atoms with Gasteiger partial charge in [-0.15, -0.1) is 0 Å². The van der Waals surface area contributed by atoms with Crippen molar-refractivity contribution in [2.75, 3.05) is 0 Å². The van der Waals surface area contributed by atoms with Crippen LogP contribution in [0.15, 0.2) is 28.7 Å². The summed E-state index contributed by atoms with van der Waals surface area (Å²) >= 11 is 0. The molecule has 5 heteroatoms. The lowest BCUT2D eigenvalue weighted by Crippen LogP contribution is -2.35. The van der Waals surface area contributed by atoms with Crippen LogP contribution in [-0.2, 0) is 4.79 Å². The number of hydrogen-bond acceptors (Lipinski definition) is 3. The topological polar surface area (TPSA) is 79.5 Å². The van der Waals surface area contributed by atoms with Crippen LogP contribution in [0.25, 0.3) is 11.0 Å². The number of hydrogen-bond donors (Lipinski definition) is 2. The highest BCUT2D eigenvalue weighted by Crippen LogP contribution is 2.20. The monoisotopic (exact) mass is 275 g/mol. The summed E-state index contributed by atoms with van der Waals surface area (Å²) in [6, 6.07) is 6.94. The van der Waals surface area contributed by atoms with Crippen LogP contribution < -0.4 is 5.32 Å². The third-order valence-electron chi connectivity index (χ3n) is 3.14. The Morgan fingerprint density at radius 2 is 2.10 bits per heavy atom. The number of carboxylic acid groups (broad SMARTS) is 1. The maximum atomic E-state index is 12.1. The molecule has 0 bridgehead atoms. The fraction of sp³-hybridized carbons (Fsp3) is 0.333. The molecule has 20 heavy (non-hydrogen) atoms. The minimum Gasteiger partial charge on any atom is -0.481 e. The summed E-state index contributed by atoms with van der Waals surface area (Å²) in [6.45, 7) is 3.79. The van der Waals surface area contributed by atoms with Crippen LogP contribution >= 0.6 is 0 Å². The van der Waals surface area contributed by atoms with Crippen molar-refractivity contribution in [1.82, 2.24) is 5.32 Å². The number of aryl methyl sites for hydroxylation is 1. The number of furan rings is 1. The molecule has 0 aliphatic heterocycles. The molecule has 0 radical (unpaired) electrons. The molecule has 2 N–H and O–H groups in total. The van der Waals surface area contributed by atoms with Gasteiger partial charge in [0.1, 0.15) is 5.58 Å². The van der Waals surface area contributed by atoms with Crippen LogP contribution in [0.2, 0.25) is 0 Å². The molecule has 0 aliphatic carbocycles. The Labute approximate surface area is 116 Å². The molecule has 0 saturated carbocycles. The molecule has 0 aliphatic rings. The zero-order valence-electron chi connectivity index (χ0n) is 11.5. The molecule has 5 nitrogen and oxygen atoms in total. The number of rotatable bonds is 5. The van der Waals surface area contributed by atoms with E-state index in [1.807, 2.05) is 32.0 Å². The molecule has 0 spiro atoms. The third kappa shape index (κ3) is 3.17. The fourth-order valence-corrected chi connectivity index (χ4v) is 2.04. The normalized spacial score (nSPS) is 12.3. The van der Waals surface area contributed by atoms with Gasteiger partial charge in [0, 0.05) is 11.4 Å². The highest BCUT2D eigenvalue weighted by Gasteiger charge is 2.18. The second-order valence-corrected chi connectivity index (χ2v) is 4.83. The van der Waals surface area contributed by atoms with E-state index in [1.165, 1.54) is 0 Å². The van der Waals surface area contributed by atoms with E-state index < -0.39 is 12.0 Å². The number of aliphatic carboxylic acids is 1. The first-order chi connectivity index (χ1) is 9.49. The summed E-state index contributed by atoms with van der Waals surface area (Å²) in [5, 5.41) is 12.3. The lowest BCUT2D eigenvalue weighted by atomic mass is 10.1. The van der Waals surface area contributed by atoms with Gasteiger partial charge in [0.25, 0.3) is 5.91 Å². The van der Waals surface area contributed by atoms with E-state index in [-0.39, 0.29) is 18.1 Å². The number of carboxylic acids is 1. The highest BCUT2D eigenvalue weighted by molar-refractivity contribution is 5.96. The van der Waals surface area contributed by atoms with E-state index in [1.54, 1.807) is 6.07 Å². The van der Waals surface area contributed by atoms with Crippen molar-refractivity contribution in [1.29, 1.82) is 0 Å². The minimum absolute atomic E-state index is 0.0957. The van der Waals surface area contributed by atoms with Crippen molar-refractivity contribution < 1.29 is 19.1 Å². The summed E-state index contributed by atoms with van der Waals surface area (Å²) in [5.41, 5.74) is 1.73. The Bertz CT molecular complexity index is 644. The molecule has 2 rings (SSSR count). The van der Waals surface area contributed by atoms with Gasteiger partial charge >= 0.3 is 5.97 Å². The van der Waals surface area contributed by atoms with Crippen molar-refractivity contribution in [2.24, 2.45) is 0 Å². The van der Waals surface area contributed by atoms with Crippen molar-refractivity contribution >= 4 is 22.8 Å². The molecule has 1 aromatic carbocycles. The van der Waals surface area contributed by atoms with Gasteiger partial charge in [0.05, 0.1) is 6.42 Å². The predicted octanol–water partition coefficient (Wildman–Crippen LogP) is 2.72. The quantitative estimate of drug-likeness (QED) is 0.879. The Morgan fingerprint density at radius 1 is 1.35 bits per heavy atom. The van der Waals surface area contributed by atoms with Gasteiger partial charge in [0.2, 0.25) is 0 Å². The second kappa shape index (κ2) is 5.77. The summed E-state index contributed by atoms with van der Waals surface area (Å²) in [6.07, 6.45) is 0.457. The molecule has 1 atom stereocenters. The maximum Gasteiger partial charge on any atom is 0.305 e. The van der Waals surface area contributed by atoms with Gasteiger partial charge in [-0.3, -0.25) is 9.59 Å². The van der Waals surface area contributed by atoms with E-state index in [9.17, 15) is 9.59 Å². The Hall–Kier alpha value is -2.30. The Morgan fingerprint density at radius 3 is 2.75 bits per heavy atom. The number of benzene rings is 1. The van der Waals surface area contributed by atoms with E-state index in [0.717, 1.165) is 10.9 Å². The van der Waals surface area contributed by atoms with Gasteiger partial charge in [-0.25, -0.2) is 0 Å². The molecule has 0 fully saturated rings. The van der Waals surface area contributed by atoms with Gasteiger partial charge < -0.3 is 14.8 Å². The molecule has 1 heterocycles. The maximum absolute atomic E-state index is 12.1. The smallest absolute Gasteiger partial charge is 0.305 e. The number of carbonyl (C=O) groups is 2. The zero-order chi connectivity index (χ0) is 14.7.